The van der Waals surface area contributed by atoms with Gasteiger partial charge in [-0.1, -0.05) is 13.8 Å². The van der Waals surface area contributed by atoms with E-state index in [1.807, 2.05) is 30.0 Å². The van der Waals surface area contributed by atoms with E-state index < -0.39 is 0 Å². The van der Waals surface area contributed by atoms with Crippen molar-refractivity contribution in [2.75, 3.05) is 25.1 Å². The van der Waals surface area contributed by atoms with E-state index in [-0.39, 0.29) is 11.4 Å². The highest BCUT2D eigenvalue weighted by molar-refractivity contribution is 5.93. The topological polar surface area (TPSA) is 57.4 Å². The highest BCUT2D eigenvalue weighted by Crippen LogP contribution is 2.48. The lowest BCUT2D eigenvalue weighted by atomic mass is 9.63. The Kier molecular flexibility index (Phi) is 3.99. The third-order valence-electron chi connectivity index (χ3n) is 5.84. The molecule has 2 fully saturated rings. The van der Waals surface area contributed by atoms with Crippen LogP contribution in [0.1, 0.15) is 32.4 Å². The van der Waals surface area contributed by atoms with Crippen LogP contribution < -0.4 is 5.32 Å². The third kappa shape index (κ3) is 2.80. The Hall–Kier alpha value is -2.01. The van der Waals surface area contributed by atoms with Gasteiger partial charge in [-0.2, -0.15) is 0 Å². The minimum Gasteiger partial charge on any atom is -0.381 e. The van der Waals surface area contributed by atoms with Crippen LogP contribution >= 0.6 is 0 Å². The summed E-state index contributed by atoms with van der Waals surface area (Å²) >= 11 is 0. The molecular weight excluding hydrogens is 314 g/mol. The number of urea groups is 1. The average molecular weight is 341 g/mol. The number of H-pyrrole nitrogens is 1. The fourth-order valence-electron chi connectivity index (χ4n) is 4.80. The van der Waals surface area contributed by atoms with Crippen molar-refractivity contribution in [2.45, 2.75) is 39.7 Å². The molecule has 0 bridgehead atoms. The Morgan fingerprint density at radius 2 is 2.08 bits per heavy atom. The van der Waals surface area contributed by atoms with Crippen molar-refractivity contribution >= 4 is 22.6 Å². The van der Waals surface area contributed by atoms with Gasteiger partial charge in [0.2, 0.25) is 0 Å². The molecule has 2 saturated heterocycles. The average Bonchev–Trinajstić information content (AvgIpc) is 2.92. The number of aryl methyl sites for hydroxylation is 1. The molecule has 1 spiro atoms. The SMILES string of the molecule is Cc1cc2cc(NC(=O)N3CC4(CCOCC4)C3C(C)C)ccc2[nH]1. The molecule has 1 atom stereocenters. The van der Waals surface area contributed by atoms with Gasteiger partial charge in [0.05, 0.1) is 0 Å². The quantitative estimate of drug-likeness (QED) is 0.862. The molecule has 25 heavy (non-hydrogen) atoms. The van der Waals surface area contributed by atoms with Crippen molar-refractivity contribution in [2.24, 2.45) is 11.3 Å². The van der Waals surface area contributed by atoms with Crippen LogP contribution in [0.2, 0.25) is 0 Å². The molecule has 4 rings (SSSR count). The maximum atomic E-state index is 12.9. The molecule has 5 nitrogen and oxygen atoms in total. The first kappa shape index (κ1) is 16.5. The van der Waals surface area contributed by atoms with Gasteiger partial charge in [-0.3, -0.25) is 0 Å². The molecule has 1 aromatic heterocycles. The molecular formula is C20H27N3O2. The van der Waals surface area contributed by atoms with Crippen molar-refractivity contribution in [3.8, 4) is 0 Å². The number of carbonyl (C=O) groups is 1. The maximum absolute atomic E-state index is 12.9. The minimum absolute atomic E-state index is 0.0161. The molecule has 0 radical (unpaired) electrons. The Labute approximate surface area is 148 Å². The normalized spacial score (nSPS) is 22.4. The van der Waals surface area contributed by atoms with Crippen LogP contribution in [-0.4, -0.2) is 41.7 Å². The second kappa shape index (κ2) is 6.06. The summed E-state index contributed by atoms with van der Waals surface area (Å²) in [5.41, 5.74) is 3.33. The van der Waals surface area contributed by atoms with E-state index >= 15 is 0 Å². The van der Waals surface area contributed by atoms with Gasteiger partial charge in [0, 0.05) is 53.5 Å². The number of nitrogens with zero attached hydrogens (tertiary/aromatic N) is 1. The van der Waals surface area contributed by atoms with E-state index in [0.29, 0.717) is 12.0 Å². The lowest BCUT2D eigenvalue weighted by molar-refractivity contribution is -0.122. The number of carbonyl (C=O) groups excluding carboxylic acids is 1. The summed E-state index contributed by atoms with van der Waals surface area (Å²) in [6.07, 6.45) is 2.13. The Morgan fingerprint density at radius 1 is 1.32 bits per heavy atom. The largest absolute Gasteiger partial charge is 0.381 e. The van der Waals surface area contributed by atoms with Gasteiger partial charge in [0.25, 0.3) is 0 Å². The summed E-state index contributed by atoms with van der Waals surface area (Å²) in [5.74, 6) is 0.451. The number of nitrogens with one attached hydrogen (secondary N) is 2. The van der Waals surface area contributed by atoms with Crippen LogP contribution in [0.5, 0.6) is 0 Å². The Bertz CT molecular complexity index is 789. The Morgan fingerprint density at radius 3 is 2.80 bits per heavy atom. The third-order valence-corrected chi connectivity index (χ3v) is 5.84. The lowest BCUT2D eigenvalue weighted by Crippen LogP contribution is -2.70. The molecule has 5 heteroatoms. The molecule has 3 heterocycles. The summed E-state index contributed by atoms with van der Waals surface area (Å²) in [4.78, 5) is 18.2. The minimum atomic E-state index is 0.0161. The fourth-order valence-corrected chi connectivity index (χ4v) is 4.80. The number of aromatic nitrogens is 1. The van der Waals surface area contributed by atoms with Gasteiger partial charge in [-0.25, -0.2) is 4.79 Å². The molecule has 2 N–H and O–H groups in total. The van der Waals surface area contributed by atoms with Gasteiger partial charge in [-0.15, -0.1) is 0 Å². The number of aromatic amines is 1. The number of rotatable bonds is 2. The number of hydrogen-bond acceptors (Lipinski definition) is 2. The first-order valence-electron chi connectivity index (χ1n) is 9.23. The van der Waals surface area contributed by atoms with Gasteiger partial charge >= 0.3 is 6.03 Å². The van der Waals surface area contributed by atoms with E-state index in [1.165, 1.54) is 0 Å². The molecule has 134 valence electrons. The molecule has 2 aliphatic heterocycles. The van der Waals surface area contributed by atoms with Crippen molar-refractivity contribution in [3.05, 3.63) is 30.0 Å². The van der Waals surface area contributed by atoms with E-state index in [1.54, 1.807) is 0 Å². The number of fused-ring (bicyclic) bond motifs is 1. The van der Waals surface area contributed by atoms with Crippen LogP contribution in [0.15, 0.2) is 24.3 Å². The summed E-state index contributed by atoms with van der Waals surface area (Å²) in [7, 11) is 0. The monoisotopic (exact) mass is 341 g/mol. The summed E-state index contributed by atoms with van der Waals surface area (Å²) in [5, 5.41) is 4.22. The number of amides is 2. The van der Waals surface area contributed by atoms with E-state index in [4.69, 9.17) is 4.74 Å². The van der Waals surface area contributed by atoms with Crippen LogP contribution in [0.25, 0.3) is 10.9 Å². The standard InChI is InChI=1S/C20H27N3O2/c1-13(2)18-20(6-8-25-9-7-20)12-23(18)19(24)22-16-4-5-17-15(11-16)10-14(3)21-17/h4-5,10-11,13,18,21H,6-9,12H2,1-3H3,(H,22,24). The van der Waals surface area contributed by atoms with Gasteiger partial charge in [0.1, 0.15) is 0 Å². The highest BCUT2D eigenvalue weighted by Gasteiger charge is 2.55. The fraction of sp³-hybridized carbons (Fsp3) is 0.550. The molecule has 2 aromatic rings. The van der Waals surface area contributed by atoms with E-state index in [0.717, 1.165) is 54.9 Å². The first-order chi connectivity index (χ1) is 12.0. The second-order valence-electron chi connectivity index (χ2n) is 7.98. The predicted molar refractivity (Wildman–Crippen MR) is 99.9 cm³/mol. The van der Waals surface area contributed by atoms with Crippen LogP contribution in [0.3, 0.4) is 0 Å². The van der Waals surface area contributed by atoms with Gasteiger partial charge in [-0.05, 0) is 49.9 Å². The summed E-state index contributed by atoms with van der Waals surface area (Å²) in [6, 6.07) is 8.43. The van der Waals surface area contributed by atoms with E-state index in [2.05, 4.69) is 30.2 Å². The predicted octanol–water partition coefficient (Wildman–Crippen LogP) is 4.15. The van der Waals surface area contributed by atoms with Gasteiger partial charge in [0.15, 0.2) is 0 Å². The van der Waals surface area contributed by atoms with Crippen molar-refractivity contribution in [1.82, 2.24) is 9.88 Å². The zero-order valence-electron chi connectivity index (χ0n) is 15.3. The Balaban J connectivity index is 1.50. The second-order valence-corrected chi connectivity index (χ2v) is 7.98. The van der Waals surface area contributed by atoms with Crippen LogP contribution in [0, 0.1) is 18.3 Å². The molecule has 1 unspecified atom stereocenters. The zero-order valence-corrected chi connectivity index (χ0v) is 15.3. The smallest absolute Gasteiger partial charge is 0.322 e. The number of benzene rings is 1. The highest BCUT2D eigenvalue weighted by atomic mass is 16.5. The number of likely N-dealkylation sites (tertiary alicyclic amines) is 1. The summed E-state index contributed by atoms with van der Waals surface area (Å²) < 4.78 is 5.54. The van der Waals surface area contributed by atoms with Crippen LogP contribution in [-0.2, 0) is 4.74 Å². The number of anilines is 1. The molecule has 2 aliphatic rings. The first-order valence-corrected chi connectivity index (χ1v) is 9.23. The summed E-state index contributed by atoms with van der Waals surface area (Å²) in [6.45, 7) is 8.96. The number of ether oxygens (including phenoxy) is 1. The molecule has 0 aliphatic carbocycles. The zero-order chi connectivity index (χ0) is 17.6. The van der Waals surface area contributed by atoms with E-state index in [9.17, 15) is 4.79 Å². The molecule has 2 amide bonds. The number of hydrogen-bond donors (Lipinski definition) is 2. The van der Waals surface area contributed by atoms with Crippen LogP contribution in [0.4, 0.5) is 10.5 Å². The molecule has 0 saturated carbocycles. The lowest BCUT2D eigenvalue weighted by Gasteiger charge is -2.60. The van der Waals surface area contributed by atoms with Crippen molar-refractivity contribution in [3.63, 3.8) is 0 Å². The van der Waals surface area contributed by atoms with Crippen molar-refractivity contribution in [1.29, 1.82) is 0 Å². The van der Waals surface area contributed by atoms with Gasteiger partial charge < -0.3 is 19.9 Å². The van der Waals surface area contributed by atoms with Crippen molar-refractivity contribution < 1.29 is 9.53 Å². The maximum Gasteiger partial charge on any atom is 0.322 e. The molecule has 1 aromatic carbocycles.